The number of unbranched alkanes of at least 4 members (excludes halogenated alkanes) is 20. The summed E-state index contributed by atoms with van der Waals surface area (Å²) in [4.78, 5) is 2.59. The van der Waals surface area contributed by atoms with Gasteiger partial charge in [-0.1, -0.05) is 328 Å². The number of benzene rings is 11. The van der Waals surface area contributed by atoms with Crippen LogP contribution >= 0.6 is 15.9 Å². The van der Waals surface area contributed by atoms with Crippen molar-refractivity contribution in [2.24, 2.45) is 142 Å². The monoisotopic (exact) mass is 1870 g/mol. The first-order chi connectivity index (χ1) is 68.1. The van der Waals surface area contributed by atoms with E-state index in [1.54, 1.807) is 17.6 Å². The highest BCUT2D eigenvalue weighted by molar-refractivity contribution is 9.10. The van der Waals surface area contributed by atoms with E-state index in [0.29, 0.717) is 5.92 Å². The molecular weight excluding hydrogens is 1730 g/mol. The van der Waals surface area contributed by atoms with Crippen LogP contribution in [0.15, 0.2) is 234 Å². The number of hydrogen-bond donors (Lipinski definition) is 0. The molecule has 702 valence electrons. The summed E-state index contributed by atoms with van der Waals surface area (Å²) in [7, 11) is 0. The van der Waals surface area contributed by atoms with Gasteiger partial charge in [-0.25, -0.2) is 0 Å². The van der Waals surface area contributed by atoms with Gasteiger partial charge in [0.25, 0.3) is 0 Å². The Morgan fingerprint density at radius 1 is 0.239 bits per heavy atom. The molecule has 14 saturated carbocycles. The molecule has 138 heavy (non-hydrogen) atoms. The SMILES string of the molecule is CCCCCCCCc1ccc(C2(c3ccc(CCCCCCCC)cc3)c3cc4c(cc3-c3cc5c(cc32)-c2cc3c(cc2C5(c2ccc(CCCCCCCC)cc2)c2ccc(CCCCCCCC)cc2)-c2ccc(N(c5ccc(C)cc5)c5ccc(C)cc5)cc2/C3=C2\CC3C2C2C3C3C5C6C7CCC7C6C5C23)/C(=C2/CC3C2C2C3C3C5C6C7CCC7C6C5C23)c2cc(Br)ccc2-4)cc1. The van der Waals surface area contributed by atoms with Gasteiger partial charge in [0.15, 0.2) is 0 Å². The van der Waals surface area contributed by atoms with Crippen LogP contribution in [-0.4, -0.2) is 0 Å². The third-order valence-corrected chi connectivity index (χ3v) is 44.2. The van der Waals surface area contributed by atoms with Crippen molar-refractivity contribution in [3.8, 4) is 44.5 Å². The van der Waals surface area contributed by atoms with Gasteiger partial charge in [-0.05, 0) is 475 Å². The van der Waals surface area contributed by atoms with Gasteiger partial charge < -0.3 is 4.90 Å². The van der Waals surface area contributed by atoms with Crippen molar-refractivity contribution < 1.29 is 0 Å². The highest BCUT2D eigenvalue weighted by Gasteiger charge is 2.89. The smallest absolute Gasteiger partial charge is 0.0714 e. The lowest BCUT2D eigenvalue weighted by molar-refractivity contribution is -0.434. The van der Waals surface area contributed by atoms with Crippen LogP contribution in [0.3, 0.4) is 0 Å². The zero-order valence-corrected chi connectivity index (χ0v) is 85.1. The highest BCUT2D eigenvalue weighted by atomic mass is 79.9. The van der Waals surface area contributed by atoms with Gasteiger partial charge in [0.2, 0.25) is 0 Å². The minimum absolute atomic E-state index is 0.676. The first-order valence-electron chi connectivity index (χ1n) is 57.4. The number of hydrogen-bond acceptors (Lipinski definition) is 1. The van der Waals surface area contributed by atoms with E-state index in [0.717, 1.165) is 162 Å². The molecule has 0 aromatic heterocycles. The van der Waals surface area contributed by atoms with Crippen LogP contribution in [0.4, 0.5) is 17.1 Å². The molecule has 2 heteroatoms. The van der Waals surface area contributed by atoms with Crippen LogP contribution in [0.25, 0.3) is 55.7 Å². The number of aryl methyl sites for hydroxylation is 6. The second-order valence-corrected chi connectivity index (χ2v) is 50.2. The largest absolute Gasteiger partial charge is 0.310 e. The maximum atomic E-state index is 4.23. The van der Waals surface area contributed by atoms with E-state index in [2.05, 4.69) is 281 Å². The maximum absolute atomic E-state index is 4.23. The fourth-order valence-corrected chi connectivity index (χ4v) is 37.7. The summed E-state index contributed by atoms with van der Waals surface area (Å²) in [5.41, 5.74) is 46.7. The average Bonchev–Trinajstić information content (AvgIpc) is 0.826. The molecule has 1 nitrogen and oxygen atoms in total. The summed E-state index contributed by atoms with van der Waals surface area (Å²) in [5.74, 6) is 23.9. The Morgan fingerprint density at radius 2 is 0.514 bits per heavy atom. The number of halogens is 1. The van der Waals surface area contributed by atoms with E-state index >= 15 is 0 Å². The molecule has 24 unspecified atom stereocenters. The number of rotatable bonds is 35. The standard InChI is InChI=1S/C136H146BrN/c1-7-11-15-19-23-27-31-79-39-47-83(48-40-79)135(84-49-41-80(42-50-84)32-28-24-20-16-12-8-2)111-73-97-91-61-55-87(137)67-103(91)115(107-71-109-117(107)125-123(109)131-127-119-93-63-65-95(93)121(119)129(127)133(125)131)105(97)69-99(111)101-75-114-102(76-113(101)135)100-70-106-98(74-112(100)136(114,85-51-43-81(44-52-85)33-29-25-21-17-13-9-3)86-53-45-82(46-54-86)34-30-26-22-18-14-10-4)92-62-60-90(138(88-56-35-77(5)36-57-88)89-58-37-78(6)38-59-89)68-104(92)116(106)108-72-110-118(108)126-124(110)132-128-120-94-64-66-96(94)122(120)130(128)134(126)132/h35-62,67-70,73-76,93-96,109-110,117-134H,7-34,63-66,71-72H2,1-6H3/b115-107-,116-108-. The van der Waals surface area contributed by atoms with Gasteiger partial charge in [0.1, 0.15) is 0 Å². The molecule has 14 fully saturated rings. The summed E-state index contributed by atoms with van der Waals surface area (Å²) < 4.78 is 1.21. The second kappa shape index (κ2) is 33.1. The van der Waals surface area contributed by atoms with E-state index in [9.17, 15) is 0 Å². The van der Waals surface area contributed by atoms with Crippen molar-refractivity contribution >= 4 is 44.1 Å². The van der Waals surface area contributed by atoms with Crippen molar-refractivity contribution in [2.75, 3.05) is 4.90 Å². The molecule has 0 aliphatic heterocycles. The van der Waals surface area contributed by atoms with Crippen molar-refractivity contribution in [1.29, 1.82) is 0 Å². The Labute approximate surface area is 834 Å². The number of nitrogens with zero attached hydrogens (tertiary/aromatic N) is 1. The molecule has 11 aromatic rings. The Morgan fingerprint density at radius 3 is 0.848 bits per heavy atom. The molecule has 0 bridgehead atoms. The summed E-state index contributed by atoms with van der Waals surface area (Å²) in [6.07, 6.45) is 44.5. The average molecular weight is 1870 g/mol. The van der Waals surface area contributed by atoms with Crippen LogP contribution in [0, 0.1) is 156 Å². The van der Waals surface area contributed by atoms with Crippen LogP contribution < -0.4 is 4.90 Å². The van der Waals surface area contributed by atoms with E-state index < -0.39 is 10.8 Å². The van der Waals surface area contributed by atoms with Gasteiger partial charge >= 0.3 is 0 Å². The molecule has 24 atom stereocenters. The Bertz CT molecular complexity index is 6570. The van der Waals surface area contributed by atoms with Crippen molar-refractivity contribution in [1.82, 2.24) is 0 Å². The van der Waals surface area contributed by atoms with Crippen LogP contribution in [0.2, 0.25) is 0 Å². The first-order valence-corrected chi connectivity index (χ1v) is 58.2. The Balaban J connectivity index is 0.660. The second-order valence-electron chi connectivity index (χ2n) is 49.3. The molecule has 29 rings (SSSR count). The normalized spacial score (nSPS) is 32.0. The lowest BCUT2D eigenvalue weighted by atomic mass is 9.13. The zero-order valence-electron chi connectivity index (χ0n) is 83.5. The molecule has 0 spiro atoms. The van der Waals surface area contributed by atoms with E-state index in [1.807, 2.05) is 11.1 Å². The first kappa shape index (κ1) is 85.9. The summed E-state index contributed by atoms with van der Waals surface area (Å²) >= 11 is 4.23. The van der Waals surface area contributed by atoms with Gasteiger partial charge in [0.05, 0.1) is 10.8 Å². The Kier molecular flexibility index (Phi) is 20.6. The predicted molar refractivity (Wildman–Crippen MR) is 576 cm³/mol. The van der Waals surface area contributed by atoms with E-state index in [1.165, 1.54) is 352 Å². The zero-order chi connectivity index (χ0) is 91.6. The predicted octanol–water partition coefficient (Wildman–Crippen LogP) is 35.8. The highest BCUT2D eigenvalue weighted by Crippen LogP contribution is 2.93. The summed E-state index contributed by atoms with van der Waals surface area (Å²) in [5, 5.41) is 0. The summed E-state index contributed by atoms with van der Waals surface area (Å²) in [6.45, 7) is 13.9. The van der Waals surface area contributed by atoms with Crippen molar-refractivity contribution in [3.05, 3.63) is 334 Å². The molecule has 0 saturated heterocycles. The molecule has 0 heterocycles. The number of fused-ring (bicyclic) bond motifs is 44. The quantitative estimate of drug-likeness (QED) is 0.0283. The van der Waals surface area contributed by atoms with Gasteiger partial charge in [-0.15, -0.1) is 0 Å². The minimum atomic E-state index is -0.696. The number of anilines is 3. The van der Waals surface area contributed by atoms with Gasteiger partial charge in [-0.3, -0.25) is 0 Å². The van der Waals surface area contributed by atoms with Crippen molar-refractivity contribution in [2.45, 2.75) is 271 Å². The molecule has 0 radical (unpaired) electrons. The van der Waals surface area contributed by atoms with Gasteiger partial charge in [0, 0.05) is 21.5 Å². The molecule has 18 aliphatic rings. The topological polar surface area (TPSA) is 3.24 Å². The van der Waals surface area contributed by atoms with E-state index in [4.69, 9.17) is 0 Å². The molecule has 0 N–H and O–H groups in total. The number of allylic oxidation sites excluding steroid dienone is 2. The van der Waals surface area contributed by atoms with Gasteiger partial charge in [-0.2, -0.15) is 0 Å². The third-order valence-electron chi connectivity index (χ3n) is 43.7. The molecule has 18 aliphatic carbocycles. The molecule has 0 amide bonds. The van der Waals surface area contributed by atoms with Crippen LogP contribution in [-0.2, 0) is 36.5 Å². The fourth-order valence-electron chi connectivity index (χ4n) is 37.4. The third kappa shape index (κ3) is 12.0. The fraction of sp³-hybridized carbons (Fsp3) is 0.485. The molecular formula is C136H146BrN. The van der Waals surface area contributed by atoms with Crippen LogP contribution in [0.1, 0.15) is 320 Å². The maximum Gasteiger partial charge on any atom is 0.0714 e. The molecule has 11 aromatic carbocycles. The minimum Gasteiger partial charge on any atom is -0.310 e. The lowest BCUT2D eigenvalue weighted by Crippen LogP contribution is -2.87. The van der Waals surface area contributed by atoms with Crippen LogP contribution in [0.5, 0.6) is 0 Å². The lowest BCUT2D eigenvalue weighted by Gasteiger charge is -2.91. The summed E-state index contributed by atoms with van der Waals surface area (Å²) in [6, 6.07) is 93.9. The van der Waals surface area contributed by atoms with E-state index in [-0.39, 0.29) is 0 Å². The van der Waals surface area contributed by atoms with Crippen molar-refractivity contribution in [3.63, 3.8) is 0 Å². The Hall–Kier alpha value is -8.82.